The Morgan fingerprint density at radius 1 is 1.21 bits per heavy atom. The van der Waals surface area contributed by atoms with E-state index in [4.69, 9.17) is 11.6 Å². The average molecular weight is 446 g/mol. The molecule has 1 aromatic carbocycles. The van der Waals surface area contributed by atoms with E-state index in [1.54, 1.807) is 6.07 Å². The van der Waals surface area contributed by atoms with E-state index in [0.717, 1.165) is 18.4 Å². The van der Waals surface area contributed by atoms with Gasteiger partial charge in [-0.1, -0.05) is 24.6 Å². The molecule has 2 fully saturated rings. The van der Waals surface area contributed by atoms with Gasteiger partial charge in [0.1, 0.15) is 5.82 Å². The van der Waals surface area contributed by atoms with Gasteiger partial charge in [0.2, 0.25) is 15.9 Å². The number of hydrogen-bond donors (Lipinski definition) is 0. The van der Waals surface area contributed by atoms with Crippen LogP contribution in [-0.4, -0.2) is 73.5 Å². The van der Waals surface area contributed by atoms with Crippen LogP contribution in [0, 0.1) is 11.7 Å². The Hall–Kier alpha value is -1.22. The summed E-state index contributed by atoms with van der Waals surface area (Å²) in [4.78, 5) is 17.0. The zero-order valence-electron chi connectivity index (χ0n) is 16.8. The lowest BCUT2D eigenvalue weighted by Gasteiger charge is -2.38. The second-order valence-electron chi connectivity index (χ2n) is 7.85. The van der Waals surface area contributed by atoms with Gasteiger partial charge in [-0.05, 0) is 37.0 Å². The van der Waals surface area contributed by atoms with E-state index < -0.39 is 10.0 Å². The minimum Gasteiger partial charge on any atom is -0.340 e. The van der Waals surface area contributed by atoms with E-state index in [-0.39, 0.29) is 23.4 Å². The molecule has 1 aromatic rings. The first-order valence-electron chi connectivity index (χ1n) is 10.2. The first-order chi connectivity index (χ1) is 13.8. The molecule has 0 radical (unpaired) electrons. The first-order valence-corrected chi connectivity index (χ1v) is 12.2. The van der Waals surface area contributed by atoms with Crippen molar-refractivity contribution in [1.82, 2.24) is 14.1 Å². The number of carbonyl (C=O) groups is 1. The van der Waals surface area contributed by atoms with Crippen molar-refractivity contribution in [3.8, 4) is 0 Å². The zero-order valence-corrected chi connectivity index (χ0v) is 18.4. The summed E-state index contributed by atoms with van der Waals surface area (Å²) in [6.45, 7) is 5.92. The number of piperidine rings is 1. The molecular formula is C20H29ClFN3O3S. The van der Waals surface area contributed by atoms with Gasteiger partial charge in [0.25, 0.3) is 0 Å². The van der Waals surface area contributed by atoms with Crippen LogP contribution in [0.15, 0.2) is 18.2 Å². The number of halogens is 2. The molecule has 0 N–H and O–H groups in total. The molecule has 1 atom stereocenters. The van der Waals surface area contributed by atoms with Gasteiger partial charge in [0.05, 0.1) is 11.7 Å². The molecule has 9 heteroatoms. The normalized spacial score (nSPS) is 22.0. The Balaban J connectivity index is 1.53. The van der Waals surface area contributed by atoms with Gasteiger partial charge in [0, 0.05) is 50.8 Å². The molecule has 162 valence electrons. The van der Waals surface area contributed by atoms with Crippen molar-refractivity contribution in [3.63, 3.8) is 0 Å². The van der Waals surface area contributed by atoms with Crippen molar-refractivity contribution in [3.05, 3.63) is 34.6 Å². The van der Waals surface area contributed by atoms with Crippen molar-refractivity contribution in [2.75, 3.05) is 45.0 Å². The number of carbonyl (C=O) groups excluding carboxylic acids is 1. The smallest absolute Gasteiger partial charge is 0.227 e. The summed E-state index contributed by atoms with van der Waals surface area (Å²) >= 11 is 6.12. The molecule has 1 unspecified atom stereocenters. The predicted octanol–water partition coefficient (Wildman–Crippen LogP) is 2.58. The number of nitrogens with zero attached hydrogens (tertiary/aromatic N) is 3. The number of hydrogen-bond acceptors (Lipinski definition) is 4. The largest absolute Gasteiger partial charge is 0.340 e. The average Bonchev–Trinajstić information content (AvgIpc) is 2.70. The molecule has 2 aliphatic heterocycles. The van der Waals surface area contributed by atoms with Crippen LogP contribution in [0.25, 0.3) is 0 Å². The number of benzene rings is 1. The maximum atomic E-state index is 13.2. The molecule has 0 spiro atoms. The van der Waals surface area contributed by atoms with Crippen molar-refractivity contribution >= 4 is 27.5 Å². The van der Waals surface area contributed by atoms with Crippen molar-refractivity contribution < 1.29 is 17.6 Å². The first kappa shape index (κ1) is 22.5. The summed E-state index contributed by atoms with van der Waals surface area (Å²) in [5.41, 5.74) is 0.872. The quantitative estimate of drug-likeness (QED) is 0.675. The fourth-order valence-electron chi connectivity index (χ4n) is 4.06. The highest BCUT2D eigenvalue weighted by atomic mass is 35.5. The van der Waals surface area contributed by atoms with E-state index in [2.05, 4.69) is 4.90 Å². The molecule has 0 aromatic heterocycles. The predicted molar refractivity (Wildman–Crippen MR) is 112 cm³/mol. The fraction of sp³-hybridized carbons (Fsp3) is 0.650. The maximum absolute atomic E-state index is 13.2. The SMILES string of the molecule is CCCS(=O)(=O)N1CCCC(C(=O)N2CCN(Cc3ccc(F)cc3Cl)CC2)C1. The van der Waals surface area contributed by atoms with Crippen LogP contribution >= 0.6 is 11.6 Å². The standard InChI is InChI=1S/C20H29ClFN3O3S/c1-2-12-29(27,28)25-7-3-4-17(15-25)20(26)24-10-8-23(9-11-24)14-16-5-6-18(22)13-19(16)21/h5-6,13,17H,2-4,7-12,14-15H2,1H3. The van der Waals surface area contributed by atoms with Crippen LogP contribution in [0.1, 0.15) is 31.7 Å². The molecule has 29 heavy (non-hydrogen) atoms. The van der Waals surface area contributed by atoms with Crippen LogP contribution in [-0.2, 0) is 21.4 Å². The molecule has 2 aliphatic rings. The van der Waals surface area contributed by atoms with Gasteiger partial charge < -0.3 is 4.90 Å². The van der Waals surface area contributed by atoms with Crippen LogP contribution in [0.5, 0.6) is 0 Å². The van der Waals surface area contributed by atoms with E-state index in [9.17, 15) is 17.6 Å². The van der Waals surface area contributed by atoms with E-state index in [1.165, 1.54) is 16.4 Å². The third kappa shape index (κ3) is 5.69. The van der Waals surface area contributed by atoms with E-state index in [0.29, 0.717) is 57.3 Å². The lowest BCUT2D eigenvalue weighted by molar-refractivity contribution is -0.138. The molecule has 2 saturated heterocycles. The molecular weight excluding hydrogens is 417 g/mol. The van der Waals surface area contributed by atoms with Gasteiger partial charge in [0.15, 0.2) is 0 Å². The Bertz CT molecular complexity index is 828. The van der Waals surface area contributed by atoms with Gasteiger partial charge >= 0.3 is 0 Å². The van der Waals surface area contributed by atoms with Crippen molar-refractivity contribution in [2.45, 2.75) is 32.7 Å². The van der Waals surface area contributed by atoms with E-state index in [1.807, 2.05) is 11.8 Å². The highest BCUT2D eigenvalue weighted by molar-refractivity contribution is 7.89. The summed E-state index contributed by atoms with van der Waals surface area (Å²) in [7, 11) is -3.27. The molecule has 1 amide bonds. The van der Waals surface area contributed by atoms with Gasteiger partial charge in [-0.2, -0.15) is 0 Å². The Labute approximate surface area is 177 Å². The lowest BCUT2D eigenvalue weighted by Crippen LogP contribution is -2.52. The topological polar surface area (TPSA) is 60.9 Å². The van der Waals surface area contributed by atoms with Gasteiger partial charge in [-0.15, -0.1) is 0 Å². The van der Waals surface area contributed by atoms with Crippen LogP contribution in [0.3, 0.4) is 0 Å². The molecule has 3 rings (SSSR count). The van der Waals surface area contributed by atoms with Crippen molar-refractivity contribution in [2.24, 2.45) is 5.92 Å². The molecule has 6 nitrogen and oxygen atoms in total. The highest BCUT2D eigenvalue weighted by Gasteiger charge is 2.34. The summed E-state index contributed by atoms with van der Waals surface area (Å²) < 4.78 is 39.4. The number of rotatable bonds is 6. The van der Waals surface area contributed by atoms with Gasteiger partial charge in [-0.25, -0.2) is 17.1 Å². The minimum atomic E-state index is -3.27. The Morgan fingerprint density at radius 2 is 1.93 bits per heavy atom. The van der Waals surface area contributed by atoms with Gasteiger partial charge in [-0.3, -0.25) is 9.69 Å². The third-order valence-corrected chi connectivity index (χ3v) is 8.08. The molecule has 0 bridgehead atoms. The summed E-state index contributed by atoms with van der Waals surface area (Å²) in [6.07, 6.45) is 2.04. The summed E-state index contributed by atoms with van der Waals surface area (Å²) in [5.74, 6) is -0.413. The number of sulfonamides is 1. The second kappa shape index (κ2) is 9.73. The lowest BCUT2D eigenvalue weighted by atomic mass is 9.97. The summed E-state index contributed by atoms with van der Waals surface area (Å²) in [6, 6.07) is 4.42. The Morgan fingerprint density at radius 3 is 2.59 bits per heavy atom. The minimum absolute atomic E-state index is 0.0564. The molecule has 2 heterocycles. The summed E-state index contributed by atoms with van der Waals surface area (Å²) in [5, 5.41) is 0.416. The second-order valence-corrected chi connectivity index (χ2v) is 10.3. The fourth-order valence-corrected chi connectivity index (χ4v) is 5.87. The monoisotopic (exact) mass is 445 g/mol. The number of piperazine rings is 1. The molecule has 0 saturated carbocycles. The number of amides is 1. The van der Waals surface area contributed by atoms with Crippen molar-refractivity contribution in [1.29, 1.82) is 0 Å². The highest BCUT2D eigenvalue weighted by Crippen LogP contribution is 2.23. The van der Waals surface area contributed by atoms with Crippen LogP contribution in [0.2, 0.25) is 5.02 Å². The third-order valence-electron chi connectivity index (χ3n) is 5.68. The zero-order chi connectivity index (χ0) is 21.0. The Kier molecular flexibility index (Phi) is 7.53. The van der Waals surface area contributed by atoms with E-state index >= 15 is 0 Å². The van der Waals surface area contributed by atoms with Crippen LogP contribution in [0.4, 0.5) is 4.39 Å². The molecule has 0 aliphatic carbocycles. The maximum Gasteiger partial charge on any atom is 0.227 e. The van der Waals surface area contributed by atoms with Crippen LogP contribution < -0.4 is 0 Å².